The zero-order valence-corrected chi connectivity index (χ0v) is 8.23. The summed E-state index contributed by atoms with van der Waals surface area (Å²) in [4.78, 5) is 10.7. The van der Waals surface area contributed by atoms with Crippen LogP contribution in [0.15, 0.2) is 6.07 Å². The summed E-state index contributed by atoms with van der Waals surface area (Å²) in [5.41, 5.74) is 1.23. The van der Waals surface area contributed by atoms with E-state index >= 15 is 0 Å². The molecule has 0 bridgehead atoms. The summed E-state index contributed by atoms with van der Waals surface area (Å²) in [5, 5.41) is 12.8. The number of hydrogen-bond donors (Lipinski definition) is 1. The van der Waals surface area contributed by atoms with E-state index in [2.05, 4.69) is 5.10 Å². The molecule has 2 rings (SSSR count). The predicted molar refractivity (Wildman–Crippen MR) is 51.4 cm³/mol. The highest BCUT2D eigenvalue weighted by Crippen LogP contribution is 2.33. The highest BCUT2D eigenvalue weighted by Gasteiger charge is 2.22. The normalized spacial score (nSPS) is 17.5. The average molecular weight is 194 g/mol. The minimum absolute atomic E-state index is 0.161. The fraction of sp³-hybridized carbons (Fsp3) is 0.600. The lowest BCUT2D eigenvalue weighted by Gasteiger charge is -2.07. The maximum Gasteiger partial charge on any atom is 0.356 e. The summed E-state index contributed by atoms with van der Waals surface area (Å²) in [6.45, 7) is 0. The molecule has 1 aliphatic rings. The van der Waals surface area contributed by atoms with Crippen LogP contribution in [-0.4, -0.2) is 20.9 Å². The third-order valence-corrected chi connectivity index (χ3v) is 2.91. The fourth-order valence-corrected chi connectivity index (χ4v) is 2.19. The van der Waals surface area contributed by atoms with Gasteiger partial charge in [0.25, 0.3) is 0 Å². The predicted octanol–water partition coefficient (Wildman–Crippen LogP) is 1.78. The molecule has 0 spiro atoms. The van der Waals surface area contributed by atoms with Gasteiger partial charge in [-0.05, 0) is 18.9 Å². The van der Waals surface area contributed by atoms with E-state index in [9.17, 15) is 4.79 Å². The first kappa shape index (κ1) is 9.24. The van der Waals surface area contributed by atoms with Crippen molar-refractivity contribution >= 4 is 5.97 Å². The molecule has 0 saturated heterocycles. The number of carboxylic acid groups (broad SMARTS) is 1. The van der Waals surface area contributed by atoms with Gasteiger partial charge in [0.2, 0.25) is 0 Å². The Kier molecular flexibility index (Phi) is 2.27. The van der Waals surface area contributed by atoms with Crippen molar-refractivity contribution in [2.45, 2.75) is 31.6 Å². The molecular weight excluding hydrogens is 180 g/mol. The second kappa shape index (κ2) is 3.44. The van der Waals surface area contributed by atoms with Gasteiger partial charge in [0, 0.05) is 18.7 Å². The Labute approximate surface area is 82.5 Å². The highest BCUT2D eigenvalue weighted by molar-refractivity contribution is 5.85. The minimum Gasteiger partial charge on any atom is -0.476 e. The number of nitrogens with zero attached hydrogens (tertiary/aromatic N) is 2. The molecule has 1 aliphatic carbocycles. The Bertz CT molecular complexity index is 351. The van der Waals surface area contributed by atoms with Crippen LogP contribution in [0.4, 0.5) is 0 Å². The van der Waals surface area contributed by atoms with Crippen molar-refractivity contribution in [1.82, 2.24) is 9.78 Å². The molecule has 0 radical (unpaired) electrons. The maximum atomic E-state index is 10.7. The quantitative estimate of drug-likeness (QED) is 0.780. The molecule has 1 heterocycles. The van der Waals surface area contributed by atoms with Crippen molar-refractivity contribution in [1.29, 1.82) is 0 Å². The summed E-state index contributed by atoms with van der Waals surface area (Å²) in [5.74, 6) is -0.426. The van der Waals surface area contributed by atoms with Crippen LogP contribution in [-0.2, 0) is 7.05 Å². The first-order valence-corrected chi connectivity index (χ1v) is 4.95. The molecule has 4 heteroatoms. The second-order valence-corrected chi connectivity index (χ2v) is 3.86. The van der Waals surface area contributed by atoms with E-state index in [-0.39, 0.29) is 5.69 Å². The van der Waals surface area contributed by atoms with Crippen LogP contribution >= 0.6 is 0 Å². The summed E-state index contributed by atoms with van der Waals surface area (Å²) in [6, 6.07) is 1.71. The van der Waals surface area contributed by atoms with Gasteiger partial charge in [0.05, 0.1) is 0 Å². The third kappa shape index (κ3) is 1.52. The second-order valence-electron chi connectivity index (χ2n) is 3.86. The number of aromatic nitrogens is 2. The zero-order valence-electron chi connectivity index (χ0n) is 8.23. The first-order chi connectivity index (χ1) is 6.68. The number of rotatable bonds is 2. The van der Waals surface area contributed by atoms with Gasteiger partial charge in [-0.1, -0.05) is 12.8 Å². The van der Waals surface area contributed by atoms with Crippen LogP contribution in [0.3, 0.4) is 0 Å². The van der Waals surface area contributed by atoms with Crippen LogP contribution in [0.1, 0.15) is 47.8 Å². The van der Waals surface area contributed by atoms with Crippen LogP contribution in [0.5, 0.6) is 0 Å². The van der Waals surface area contributed by atoms with Crippen LogP contribution < -0.4 is 0 Å². The number of aryl methyl sites for hydroxylation is 1. The first-order valence-electron chi connectivity index (χ1n) is 4.95. The molecule has 1 saturated carbocycles. The standard InChI is InChI=1S/C10H14N2O2/c1-12-9(7-4-2-3-5-7)6-8(11-12)10(13)14/h6-7H,2-5H2,1H3,(H,13,14). The van der Waals surface area contributed by atoms with E-state index in [1.54, 1.807) is 10.7 Å². The SMILES string of the molecule is Cn1nc(C(=O)O)cc1C1CCCC1. The summed E-state index contributed by atoms with van der Waals surface area (Å²) in [6.07, 6.45) is 4.83. The van der Waals surface area contributed by atoms with Gasteiger partial charge >= 0.3 is 5.97 Å². The van der Waals surface area contributed by atoms with Crippen molar-refractivity contribution in [2.75, 3.05) is 0 Å². The van der Waals surface area contributed by atoms with Crippen molar-refractivity contribution in [3.8, 4) is 0 Å². The highest BCUT2D eigenvalue weighted by atomic mass is 16.4. The van der Waals surface area contributed by atoms with Crippen molar-refractivity contribution in [3.05, 3.63) is 17.5 Å². The molecule has 1 aromatic rings. The number of carboxylic acids is 1. The van der Waals surface area contributed by atoms with E-state index in [1.807, 2.05) is 7.05 Å². The molecule has 4 nitrogen and oxygen atoms in total. The smallest absolute Gasteiger partial charge is 0.356 e. The Morgan fingerprint density at radius 2 is 2.21 bits per heavy atom. The zero-order chi connectivity index (χ0) is 10.1. The molecule has 0 aromatic carbocycles. The molecule has 14 heavy (non-hydrogen) atoms. The molecule has 1 fully saturated rings. The summed E-state index contributed by atoms with van der Waals surface area (Å²) < 4.78 is 1.71. The van der Waals surface area contributed by atoms with E-state index in [0.29, 0.717) is 5.92 Å². The van der Waals surface area contributed by atoms with Gasteiger partial charge in [0.15, 0.2) is 5.69 Å². The monoisotopic (exact) mass is 194 g/mol. The van der Waals surface area contributed by atoms with Gasteiger partial charge in [-0.2, -0.15) is 5.10 Å². The average Bonchev–Trinajstić information content (AvgIpc) is 2.71. The molecule has 1 aromatic heterocycles. The van der Waals surface area contributed by atoms with Gasteiger partial charge in [0.1, 0.15) is 0 Å². The summed E-state index contributed by atoms with van der Waals surface area (Å²) >= 11 is 0. The lowest BCUT2D eigenvalue weighted by atomic mass is 10.0. The van der Waals surface area contributed by atoms with Crippen molar-refractivity contribution in [3.63, 3.8) is 0 Å². The fourth-order valence-electron chi connectivity index (χ4n) is 2.19. The molecule has 76 valence electrons. The molecule has 1 N–H and O–H groups in total. The third-order valence-electron chi connectivity index (χ3n) is 2.91. The van der Waals surface area contributed by atoms with Crippen molar-refractivity contribution < 1.29 is 9.90 Å². The van der Waals surface area contributed by atoms with E-state index in [1.165, 1.54) is 25.7 Å². The molecular formula is C10H14N2O2. The van der Waals surface area contributed by atoms with Crippen LogP contribution in [0, 0.1) is 0 Å². The largest absolute Gasteiger partial charge is 0.476 e. The minimum atomic E-state index is -0.940. The topological polar surface area (TPSA) is 55.1 Å². The molecule has 0 aliphatic heterocycles. The van der Waals surface area contributed by atoms with E-state index in [0.717, 1.165) is 5.69 Å². The van der Waals surface area contributed by atoms with Gasteiger partial charge in [-0.15, -0.1) is 0 Å². The lowest BCUT2D eigenvalue weighted by Crippen LogP contribution is -2.02. The Morgan fingerprint density at radius 1 is 1.57 bits per heavy atom. The van der Waals surface area contributed by atoms with Crippen LogP contribution in [0.2, 0.25) is 0 Å². The number of carbonyl (C=O) groups is 1. The number of hydrogen-bond acceptors (Lipinski definition) is 2. The Morgan fingerprint density at radius 3 is 2.71 bits per heavy atom. The van der Waals surface area contributed by atoms with E-state index in [4.69, 9.17) is 5.11 Å². The maximum absolute atomic E-state index is 10.7. The van der Waals surface area contributed by atoms with Gasteiger partial charge in [-0.3, -0.25) is 4.68 Å². The van der Waals surface area contributed by atoms with E-state index < -0.39 is 5.97 Å². The molecule has 0 atom stereocenters. The van der Waals surface area contributed by atoms with Crippen LogP contribution in [0.25, 0.3) is 0 Å². The lowest BCUT2D eigenvalue weighted by molar-refractivity contribution is 0.0689. The Hall–Kier alpha value is -1.32. The summed E-state index contributed by atoms with van der Waals surface area (Å²) in [7, 11) is 1.82. The number of aromatic carboxylic acids is 1. The van der Waals surface area contributed by atoms with Crippen molar-refractivity contribution in [2.24, 2.45) is 7.05 Å². The Balaban J connectivity index is 2.28. The van der Waals surface area contributed by atoms with Gasteiger partial charge < -0.3 is 5.11 Å². The molecule has 0 unspecified atom stereocenters. The van der Waals surface area contributed by atoms with Gasteiger partial charge in [-0.25, -0.2) is 4.79 Å². The molecule has 0 amide bonds.